The minimum Gasteiger partial charge on any atom is -0.748 e. The summed E-state index contributed by atoms with van der Waals surface area (Å²) < 4.78 is 33.4. The van der Waals surface area contributed by atoms with E-state index in [1.165, 1.54) is 57.8 Å². The van der Waals surface area contributed by atoms with Crippen molar-refractivity contribution in [3.63, 3.8) is 0 Å². The zero-order chi connectivity index (χ0) is 17.6. The Hall–Kier alpha value is 1.51. The van der Waals surface area contributed by atoms with Crippen LogP contribution in [0.2, 0.25) is 0 Å². The normalized spacial score (nSPS) is 14.2. The van der Waals surface area contributed by atoms with Crippen molar-refractivity contribution in [3.05, 3.63) is 0 Å². The number of hydrogen-bond donors (Lipinski definition) is 1. The number of aliphatic hydroxyl groups is 1. The van der Waals surface area contributed by atoms with E-state index < -0.39 is 21.5 Å². The Labute approximate surface area is 192 Å². The van der Waals surface area contributed by atoms with Gasteiger partial charge in [0, 0.05) is 0 Å². The number of aliphatic hydroxyl groups excluding tert-OH is 1. The van der Waals surface area contributed by atoms with Gasteiger partial charge in [0.15, 0.2) is 0 Å². The molecule has 2 atom stereocenters. The molecule has 24 heavy (non-hydrogen) atoms. The molecule has 0 saturated carbocycles. The number of unbranched alkanes of at least 4 members (excludes halogenated alkanes) is 11. The monoisotopic (exact) mass is 388 g/mol. The van der Waals surface area contributed by atoms with E-state index in [1.54, 1.807) is 6.92 Å². The second-order valence-electron chi connectivity index (χ2n) is 6.68. The quantitative estimate of drug-likeness (QED) is 0.248. The molecule has 0 spiro atoms. The van der Waals surface area contributed by atoms with Gasteiger partial charge in [0.1, 0.15) is 10.1 Å². The van der Waals surface area contributed by atoms with Crippen LogP contribution in [0.5, 0.6) is 0 Å². The van der Waals surface area contributed by atoms with Crippen LogP contribution in [-0.2, 0) is 10.1 Å². The van der Waals surface area contributed by atoms with Gasteiger partial charge >= 0.3 is 51.4 Å². The third-order valence-electron chi connectivity index (χ3n) is 4.56. The minimum atomic E-state index is -4.39. The molecule has 0 radical (unpaired) electrons. The first kappa shape index (κ1) is 27.7. The number of rotatable bonds is 16. The van der Waals surface area contributed by atoms with Crippen molar-refractivity contribution < 1.29 is 69.5 Å². The molecule has 1 N–H and O–H groups in total. The predicted octanol–water partition coefficient (Wildman–Crippen LogP) is 1.77. The summed E-state index contributed by atoms with van der Waals surface area (Å²) in [5.74, 6) is 0. The van der Waals surface area contributed by atoms with Crippen LogP contribution in [0.1, 0.15) is 104 Å². The van der Waals surface area contributed by atoms with Crippen LogP contribution in [0.4, 0.5) is 0 Å². The molecule has 0 aliphatic rings. The molecule has 0 rings (SSSR count). The molecule has 140 valence electrons. The third-order valence-corrected chi connectivity index (χ3v) is 5.85. The molecule has 0 saturated heterocycles. The Morgan fingerprint density at radius 2 is 1.17 bits per heavy atom. The Morgan fingerprint density at radius 3 is 1.50 bits per heavy atom. The standard InChI is InChI=1S/C18H38O4S.K/c1-3-5-6-7-8-9-10-11-12-13-14-15-16-18(17(19)4-2)23(20,21)22;/h17-19H,3-16H2,1-2H3,(H,20,21,22);/q;+1/p-1. The predicted molar refractivity (Wildman–Crippen MR) is 95.5 cm³/mol. The van der Waals surface area contributed by atoms with E-state index in [4.69, 9.17) is 0 Å². The molecule has 4 nitrogen and oxygen atoms in total. The summed E-state index contributed by atoms with van der Waals surface area (Å²) in [6.07, 6.45) is 14.1. The van der Waals surface area contributed by atoms with E-state index in [9.17, 15) is 18.1 Å². The van der Waals surface area contributed by atoms with Crippen LogP contribution in [0, 0.1) is 0 Å². The largest absolute Gasteiger partial charge is 1.00 e. The van der Waals surface area contributed by atoms with Gasteiger partial charge in [0.2, 0.25) is 0 Å². The van der Waals surface area contributed by atoms with Crippen molar-refractivity contribution in [2.45, 2.75) is 115 Å². The first-order chi connectivity index (χ1) is 10.9. The topological polar surface area (TPSA) is 77.4 Å². The van der Waals surface area contributed by atoms with Gasteiger partial charge in [0.25, 0.3) is 0 Å². The summed E-state index contributed by atoms with van der Waals surface area (Å²) in [5, 5.41) is 8.52. The molecule has 0 aliphatic carbocycles. The molecular weight excluding hydrogens is 351 g/mol. The van der Waals surface area contributed by atoms with Gasteiger partial charge < -0.3 is 9.66 Å². The molecule has 0 aromatic heterocycles. The fourth-order valence-electron chi connectivity index (χ4n) is 2.98. The molecule has 6 heteroatoms. The molecule has 0 aromatic rings. The van der Waals surface area contributed by atoms with Crippen molar-refractivity contribution >= 4 is 10.1 Å². The van der Waals surface area contributed by atoms with Crippen LogP contribution < -0.4 is 51.4 Å². The fraction of sp³-hybridized carbons (Fsp3) is 1.00. The summed E-state index contributed by atoms with van der Waals surface area (Å²) >= 11 is 0. The van der Waals surface area contributed by atoms with Gasteiger partial charge in [0.05, 0.1) is 11.4 Å². The molecule has 0 amide bonds. The van der Waals surface area contributed by atoms with E-state index in [0.717, 1.165) is 12.8 Å². The molecular formula is C18H37KO4S. The van der Waals surface area contributed by atoms with E-state index in [1.807, 2.05) is 0 Å². The van der Waals surface area contributed by atoms with Crippen LogP contribution >= 0.6 is 0 Å². The SMILES string of the molecule is CCCCCCCCCCCCCCC(C(O)CC)S(=O)(=O)[O-].[K+]. The molecule has 0 aromatic carbocycles. The first-order valence-corrected chi connectivity index (χ1v) is 11.0. The van der Waals surface area contributed by atoms with Crippen LogP contribution in [0.3, 0.4) is 0 Å². The molecule has 0 aliphatic heterocycles. The van der Waals surface area contributed by atoms with Crippen LogP contribution in [0.25, 0.3) is 0 Å². The Balaban J connectivity index is 0. The second-order valence-corrected chi connectivity index (χ2v) is 8.28. The van der Waals surface area contributed by atoms with Gasteiger partial charge in [-0.1, -0.05) is 90.9 Å². The van der Waals surface area contributed by atoms with Gasteiger partial charge in [-0.2, -0.15) is 0 Å². The zero-order valence-electron chi connectivity index (χ0n) is 16.1. The van der Waals surface area contributed by atoms with Crippen molar-refractivity contribution in [3.8, 4) is 0 Å². The summed E-state index contributed by atoms with van der Waals surface area (Å²) in [6, 6.07) is 0. The van der Waals surface area contributed by atoms with Crippen molar-refractivity contribution in [1.82, 2.24) is 0 Å². The van der Waals surface area contributed by atoms with Crippen LogP contribution in [-0.4, -0.2) is 29.4 Å². The van der Waals surface area contributed by atoms with Gasteiger partial charge in [-0.05, 0) is 12.8 Å². The van der Waals surface area contributed by atoms with Crippen molar-refractivity contribution in [1.29, 1.82) is 0 Å². The van der Waals surface area contributed by atoms with Crippen LogP contribution in [0.15, 0.2) is 0 Å². The maximum Gasteiger partial charge on any atom is 1.00 e. The maximum absolute atomic E-state index is 11.1. The maximum atomic E-state index is 11.1. The average molecular weight is 389 g/mol. The van der Waals surface area contributed by atoms with E-state index >= 15 is 0 Å². The summed E-state index contributed by atoms with van der Waals surface area (Å²) in [6.45, 7) is 3.93. The van der Waals surface area contributed by atoms with E-state index in [0.29, 0.717) is 12.8 Å². The van der Waals surface area contributed by atoms with Crippen molar-refractivity contribution in [2.75, 3.05) is 0 Å². The molecule has 2 unspecified atom stereocenters. The van der Waals surface area contributed by atoms with Gasteiger partial charge in [-0.25, -0.2) is 8.42 Å². The minimum absolute atomic E-state index is 0. The number of hydrogen-bond acceptors (Lipinski definition) is 4. The Kier molecular flexibility index (Phi) is 20.7. The fourth-order valence-corrected chi connectivity index (χ4v) is 4.01. The van der Waals surface area contributed by atoms with Crippen molar-refractivity contribution in [2.24, 2.45) is 0 Å². The second kappa shape index (κ2) is 17.9. The Bertz CT molecular complexity index is 360. The van der Waals surface area contributed by atoms with Gasteiger partial charge in [-0.15, -0.1) is 0 Å². The van der Waals surface area contributed by atoms with Gasteiger partial charge in [-0.3, -0.25) is 0 Å². The zero-order valence-corrected chi connectivity index (χ0v) is 20.1. The average Bonchev–Trinajstić information content (AvgIpc) is 2.50. The molecule has 0 fully saturated rings. The summed E-state index contributed by atoms with van der Waals surface area (Å²) in [7, 11) is -4.39. The smallest absolute Gasteiger partial charge is 0.748 e. The molecule has 0 heterocycles. The Morgan fingerprint density at radius 1 is 0.792 bits per heavy atom. The van der Waals surface area contributed by atoms with E-state index in [-0.39, 0.29) is 57.8 Å². The first-order valence-electron chi connectivity index (χ1n) is 9.56. The summed E-state index contributed by atoms with van der Waals surface area (Å²) in [5.41, 5.74) is 0. The third kappa shape index (κ3) is 15.7. The summed E-state index contributed by atoms with van der Waals surface area (Å²) in [4.78, 5) is 0. The van der Waals surface area contributed by atoms with E-state index in [2.05, 4.69) is 6.92 Å². The molecule has 0 bridgehead atoms.